The summed E-state index contributed by atoms with van der Waals surface area (Å²) < 4.78 is 0. The number of nitrogens with one attached hydrogen (secondary N) is 1. The Bertz CT molecular complexity index is 1430. The number of carboxylic acid groups (broad SMARTS) is 7. The van der Waals surface area contributed by atoms with Gasteiger partial charge in [0.2, 0.25) is 5.91 Å². The van der Waals surface area contributed by atoms with Crippen LogP contribution in [0.1, 0.15) is 71.3 Å². The third-order valence-corrected chi connectivity index (χ3v) is 7.04. The van der Waals surface area contributed by atoms with Crippen molar-refractivity contribution in [2.75, 3.05) is 19.7 Å². The van der Waals surface area contributed by atoms with Gasteiger partial charge in [0, 0.05) is 0 Å². The van der Waals surface area contributed by atoms with Crippen molar-refractivity contribution in [3.8, 4) is 5.75 Å². The molecule has 1 heterocycles. The topological polar surface area (TPSA) is 539 Å². The molecule has 62 heavy (non-hydrogen) atoms. The number of phenolic OH excluding ortho intramolecular Hbond substituents is 1. The van der Waals surface area contributed by atoms with Gasteiger partial charge in [-0.15, -0.1) is 0 Å². The Balaban J connectivity index is -0.000000206. The van der Waals surface area contributed by atoms with Gasteiger partial charge in [-0.05, 0) is 82.2 Å². The van der Waals surface area contributed by atoms with Gasteiger partial charge in [0.15, 0.2) is 0 Å². The number of carbonyl (C=O) groups excluding carboxylic acids is 1. The van der Waals surface area contributed by atoms with E-state index in [4.69, 9.17) is 86.1 Å². The molecule has 26 N–H and O–H groups in total. The fraction of sp³-hybridized carbons (Fsp3) is 0.611. The number of nitrogens with two attached hydrogens (primary N) is 8. The van der Waals surface area contributed by atoms with Crippen LogP contribution in [-0.2, 0) is 44.8 Å². The summed E-state index contributed by atoms with van der Waals surface area (Å²) in [7, 11) is 0. The van der Waals surface area contributed by atoms with E-state index < -0.39 is 90.6 Å². The highest BCUT2D eigenvalue weighted by molar-refractivity contribution is 5.83. The Kier molecular flexibility index (Phi) is 41.8. The van der Waals surface area contributed by atoms with Crippen molar-refractivity contribution < 1.29 is 84.3 Å². The first kappa shape index (κ1) is 65.5. The van der Waals surface area contributed by atoms with E-state index in [0.29, 0.717) is 25.3 Å². The number of primary amides is 1. The first-order valence-electron chi connectivity index (χ1n) is 18.7. The summed E-state index contributed by atoms with van der Waals surface area (Å²) in [5.41, 5.74) is 40.9. The summed E-state index contributed by atoms with van der Waals surface area (Å²) in [6, 6.07) is 0.730. The summed E-state index contributed by atoms with van der Waals surface area (Å²) in [5, 5.41) is 77.2. The number of hydrogen-bond donors (Lipinski definition) is 18. The van der Waals surface area contributed by atoms with Gasteiger partial charge in [0.1, 0.15) is 48.0 Å². The van der Waals surface area contributed by atoms with Gasteiger partial charge in [-0.1, -0.05) is 32.4 Å². The number of carboxylic acids is 7. The second-order valence-corrected chi connectivity index (χ2v) is 13.5. The number of phenols is 1. The van der Waals surface area contributed by atoms with E-state index in [1.807, 2.05) is 13.8 Å². The van der Waals surface area contributed by atoms with Gasteiger partial charge in [-0.25, -0.2) is 0 Å². The number of aromatic hydroxyl groups is 1. The summed E-state index contributed by atoms with van der Waals surface area (Å²) in [6.07, 6.45) is 4.46. The van der Waals surface area contributed by atoms with E-state index in [0.717, 1.165) is 37.8 Å². The lowest BCUT2D eigenvalue weighted by atomic mass is 10.1. The first-order valence-corrected chi connectivity index (χ1v) is 18.7. The zero-order chi connectivity index (χ0) is 49.7. The number of amides is 1. The number of unbranched alkanes of at least 4 members (excludes halogenated alkanes) is 1. The van der Waals surface area contributed by atoms with Gasteiger partial charge < -0.3 is 97.1 Å². The van der Waals surface area contributed by atoms with E-state index in [-0.39, 0.29) is 24.6 Å². The van der Waals surface area contributed by atoms with Crippen LogP contribution < -0.4 is 51.2 Å². The van der Waals surface area contributed by atoms with Crippen LogP contribution in [0.15, 0.2) is 24.3 Å². The van der Waals surface area contributed by atoms with Crippen molar-refractivity contribution in [2.24, 2.45) is 51.8 Å². The molecule has 26 nitrogen and oxygen atoms in total. The van der Waals surface area contributed by atoms with Crippen LogP contribution in [0, 0.1) is 5.92 Å². The minimum absolute atomic E-state index is 0.160. The van der Waals surface area contributed by atoms with E-state index >= 15 is 0 Å². The maximum atomic E-state index is 10.4. The quantitative estimate of drug-likeness (QED) is 0.0629. The molecule has 0 aliphatic carbocycles. The highest BCUT2D eigenvalue weighted by Crippen LogP contribution is 2.10. The molecule has 1 amide bonds. The van der Waals surface area contributed by atoms with E-state index in [2.05, 4.69) is 11.1 Å². The third kappa shape index (κ3) is 45.5. The lowest BCUT2D eigenvalue weighted by Gasteiger charge is -2.07. The largest absolute Gasteiger partial charge is 0.508 e. The number of rotatable bonds is 18. The Morgan fingerprint density at radius 3 is 1.32 bits per heavy atom. The zero-order valence-electron chi connectivity index (χ0n) is 35.1. The van der Waals surface area contributed by atoms with Gasteiger partial charge in [-0.2, -0.15) is 0 Å². The highest BCUT2D eigenvalue weighted by Gasteiger charge is 2.20. The molecule has 2 rings (SSSR count). The molecular weight excluding hydrogens is 830 g/mol. The molecule has 360 valence electrons. The predicted octanol–water partition coefficient (Wildman–Crippen LogP) is -3.78. The molecule has 0 unspecified atom stereocenters. The molecule has 0 spiro atoms. The molecular formula is C36H69N9O17. The van der Waals surface area contributed by atoms with Crippen molar-refractivity contribution in [3.63, 3.8) is 0 Å². The van der Waals surface area contributed by atoms with E-state index in [1.165, 1.54) is 19.1 Å². The zero-order valence-corrected chi connectivity index (χ0v) is 35.1. The van der Waals surface area contributed by atoms with Gasteiger partial charge >= 0.3 is 41.8 Å². The molecule has 7 atom stereocenters. The average molecular weight is 900 g/mol. The van der Waals surface area contributed by atoms with Crippen LogP contribution in [-0.4, -0.2) is 156 Å². The average Bonchev–Trinajstić information content (AvgIpc) is 3.72. The normalized spacial score (nSPS) is 15.0. The Morgan fingerprint density at radius 2 is 1.10 bits per heavy atom. The molecule has 1 aliphatic rings. The fourth-order valence-electron chi connectivity index (χ4n) is 3.49. The summed E-state index contributed by atoms with van der Waals surface area (Å²) >= 11 is 0. The number of aliphatic hydroxyl groups excluding tert-OH is 1. The monoisotopic (exact) mass is 899 g/mol. The van der Waals surface area contributed by atoms with Crippen molar-refractivity contribution in [3.05, 3.63) is 29.8 Å². The summed E-state index contributed by atoms with van der Waals surface area (Å²) in [4.78, 5) is 79.9. The first-order chi connectivity index (χ1) is 28.5. The second kappa shape index (κ2) is 39.5. The highest BCUT2D eigenvalue weighted by atomic mass is 16.4. The lowest BCUT2D eigenvalue weighted by molar-refractivity contribution is -0.140. The number of hydrogen-bond acceptors (Lipinski definition) is 18. The maximum absolute atomic E-state index is 10.4. The van der Waals surface area contributed by atoms with Crippen LogP contribution in [0.4, 0.5) is 0 Å². The minimum Gasteiger partial charge on any atom is -0.508 e. The Morgan fingerprint density at radius 1 is 0.661 bits per heavy atom. The van der Waals surface area contributed by atoms with Crippen molar-refractivity contribution in [2.45, 2.75) is 114 Å². The smallest absolute Gasteiger partial charge is 0.322 e. The van der Waals surface area contributed by atoms with Gasteiger partial charge in [0.25, 0.3) is 0 Å². The molecule has 0 bridgehead atoms. The van der Waals surface area contributed by atoms with Crippen molar-refractivity contribution in [1.82, 2.24) is 5.32 Å². The molecule has 1 saturated heterocycles. The number of benzene rings is 1. The van der Waals surface area contributed by atoms with Crippen LogP contribution >= 0.6 is 0 Å². The molecule has 0 saturated carbocycles. The second-order valence-electron chi connectivity index (χ2n) is 13.5. The SMILES string of the molecule is CC(C)C[C@H](N)C(=O)O.C[C@H](N)C(=O)O.NC(=O)C[C@H](N)C(=O)O.NCCCC[C@H](N)C(=O)O.N[C@@H](CO)C(=O)O.N[C@@H](Cc1ccc(O)cc1)C(=O)O.O=C(O)[C@@H]1CCCN1. The maximum Gasteiger partial charge on any atom is 0.322 e. The Labute approximate surface area is 358 Å². The molecule has 1 aromatic carbocycles. The molecule has 0 aromatic heterocycles. The van der Waals surface area contributed by atoms with Gasteiger partial charge in [0.05, 0.1) is 13.0 Å². The number of aliphatic carboxylic acids is 7. The van der Waals surface area contributed by atoms with Crippen molar-refractivity contribution >= 4 is 47.7 Å². The van der Waals surface area contributed by atoms with Gasteiger partial charge in [-0.3, -0.25) is 38.4 Å². The molecule has 1 aromatic rings. The standard InChI is InChI=1S/C9H11NO3.C6H14N2O2.C6H13NO2.C5H9NO2.C4H8N2O3.C3H7NO3.C3H7NO2/c10-8(9(12)13)5-6-1-3-7(11)4-2-6;7-4-2-1-3-5(8)6(9)10;1-4(2)3-5(7)6(8)9;7-5(8)4-2-1-3-6-4;5-2(4(8)9)1-3(6)7;4-2(1-5)3(6)7;1-2(4)3(5)6/h1-4,8,11H,5,10H2,(H,12,13);5H,1-4,7-8H2,(H,9,10);4-5H,3,7H2,1-2H3,(H,8,9);4,6H,1-3H2,(H,7,8);2H,1,5H2,(H2,6,7)(H,8,9);2,5H,1,4H2,(H,6,7);2H,4H2,1H3,(H,5,6)/t8-;2*5-;4-;3*2-/m0000000/s1. The fourth-order valence-corrected chi connectivity index (χ4v) is 3.49. The predicted molar refractivity (Wildman–Crippen MR) is 223 cm³/mol. The van der Waals surface area contributed by atoms with Crippen molar-refractivity contribution in [1.29, 1.82) is 0 Å². The number of carbonyl (C=O) groups is 8. The third-order valence-electron chi connectivity index (χ3n) is 7.04. The summed E-state index contributed by atoms with van der Waals surface area (Å²) in [6.45, 7) is 6.27. The molecule has 0 radical (unpaired) electrons. The molecule has 26 heteroatoms. The van der Waals surface area contributed by atoms with Crippen LogP contribution in [0.2, 0.25) is 0 Å². The number of aliphatic hydroxyl groups is 1. The Hall–Kier alpha value is -5.58. The van der Waals surface area contributed by atoms with E-state index in [9.17, 15) is 38.4 Å². The van der Waals surface area contributed by atoms with Crippen LogP contribution in [0.25, 0.3) is 0 Å². The lowest BCUT2D eigenvalue weighted by Crippen LogP contribution is -2.34. The van der Waals surface area contributed by atoms with Crippen LogP contribution in [0.5, 0.6) is 5.75 Å². The van der Waals surface area contributed by atoms with E-state index in [1.54, 1.807) is 12.1 Å². The minimum atomic E-state index is -1.21. The molecule has 1 fully saturated rings. The molecule has 1 aliphatic heterocycles. The van der Waals surface area contributed by atoms with Crippen LogP contribution in [0.3, 0.4) is 0 Å². The summed E-state index contributed by atoms with van der Waals surface area (Å²) in [5.74, 6) is -7.13.